The molecule has 64 valence electrons. The van der Waals surface area contributed by atoms with Crippen LogP contribution in [0, 0.1) is 17.2 Å². The first kappa shape index (κ1) is 10.8. The van der Waals surface area contributed by atoms with Gasteiger partial charge in [0.25, 0.3) is 0 Å². The van der Waals surface area contributed by atoms with E-state index in [1.165, 1.54) is 12.8 Å². The topological polar surface area (TPSA) is 23.8 Å². The molecule has 0 saturated heterocycles. The SMILES string of the molecule is CCCCC(C#N)CCCCl. The molecule has 0 bridgehead atoms. The van der Waals surface area contributed by atoms with Gasteiger partial charge in [0, 0.05) is 11.8 Å². The first-order valence-electron chi connectivity index (χ1n) is 4.30. The summed E-state index contributed by atoms with van der Waals surface area (Å²) in [4.78, 5) is 0. The van der Waals surface area contributed by atoms with Crippen LogP contribution in [0.5, 0.6) is 0 Å². The average Bonchev–Trinajstić information content (AvgIpc) is 2.05. The maximum absolute atomic E-state index is 8.69. The van der Waals surface area contributed by atoms with Gasteiger partial charge < -0.3 is 0 Å². The van der Waals surface area contributed by atoms with Crippen molar-refractivity contribution in [2.24, 2.45) is 5.92 Å². The number of hydrogen-bond acceptors (Lipinski definition) is 1. The van der Waals surface area contributed by atoms with E-state index in [9.17, 15) is 0 Å². The number of alkyl halides is 1. The van der Waals surface area contributed by atoms with Crippen molar-refractivity contribution in [3.05, 3.63) is 0 Å². The molecular formula is C9H16ClN. The molecule has 0 N–H and O–H groups in total. The molecule has 0 heterocycles. The highest BCUT2D eigenvalue weighted by molar-refractivity contribution is 6.17. The molecule has 0 aromatic rings. The lowest BCUT2D eigenvalue weighted by molar-refractivity contribution is 0.523. The average molecular weight is 174 g/mol. The lowest BCUT2D eigenvalue weighted by Gasteiger charge is -2.05. The minimum atomic E-state index is 0.244. The lowest BCUT2D eigenvalue weighted by atomic mass is 9.99. The quantitative estimate of drug-likeness (QED) is 0.566. The van der Waals surface area contributed by atoms with Crippen molar-refractivity contribution in [3.8, 4) is 6.07 Å². The van der Waals surface area contributed by atoms with E-state index in [1.54, 1.807) is 0 Å². The zero-order chi connectivity index (χ0) is 8.53. The van der Waals surface area contributed by atoms with Gasteiger partial charge >= 0.3 is 0 Å². The molecule has 0 fully saturated rings. The van der Waals surface area contributed by atoms with Crippen LogP contribution in [0.2, 0.25) is 0 Å². The van der Waals surface area contributed by atoms with Crippen LogP contribution in [0.15, 0.2) is 0 Å². The molecular weight excluding hydrogens is 158 g/mol. The lowest BCUT2D eigenvalue weighted by Crippen LogP contribution is -1.97. The molecule has 11 heavy (non-hydrogen) atoms. The van der Waals surface area contributed by atoms with Crippen LogP contribution in [0.3, 0.4) is 0 Å². The highest BCUT2D eigenvalue weighted by Gasteiger charge is 2.04. The first-order chi connectivity index (χ1) is 5.35. The Hall–Kier alpha value is -0.220. The summed E-state index contributed by atoms with van der Waals surface area (Å²) in [6.07, 6.45) is 5.34. The second-order valence-corrected chi connectivity index (χ2v) is 3.18. The number of nitriles is 1. The zero-order valence-corrected chi connectivity index (χ0v) is 7.90. The molecule has 0 radical (unpaired) electrons. The van der Waals surface area contributed by atoms with Gasteiger partial charge in [0.2, 0.25) is 0 Å². The number of unbranched alkanes of at least 4 members (excludes halogenated alkanes) is 1. The monoisotopic (exact) mass is 173 g/mol. The largest absolute Gasteiger partial charge is 0.198 e. The highest BCUT2D eigenvalue weighted by Crippen LogP contribution is 2.13. The first-order valence-corrected chi connectivity index (χ1v) is 4.84. The summed E-state index contributed by atoms with van der Waals surface area (Å²) in [5, 5.41) is 8.69. The molecule has 2 heteroatoms. The van der Waals surface area contributed by atoms with Gasteiger partial charge in [-0.05, 0) is 19.3 Å². The Morgan fingerprint density at radius 1 is 1.36 bits per heavy atom. The Morgan fingerprint density at radius 3 is 2.45 bits per heavy atom. The smallest absolute Gasteiger partial charge is 0.0655 e. The number of hydrogen-bond donors (Lipinski definition) is 0. The molecule has 0 rings (SSSR count). The molecule has 1 nitrogen and oxygen atoms in total. The van der Waals surface area contributed by atoms with E-state index in [4.69, 9.17) is 16.9 Å². The van der Waals surface area contributed by atoms with Crippen molar-refractivity contribution in [2.75, 3.05) is 5.88 Å². The fourth-order valence-corrected chi connectivity index (χ4v) is 1.20. The Kier molecular flexibility index (Phi) is 7.72. The molecule has 0 aromatic heterocycles. The summed E-state index contributed by atoms with van der Waals surface area (Å²) in [5.41, 5.74) is 0. The third kappa shape index (κ3) is 6.19. The van der Waals surface area contributed by atoms with Crippen LogP contribution in [0.25, 0.3) is 0 Å². The predicted octanol–water partition coefficient (Wildman–Crippen LogP) is 3.34. The van der Waals surface area contributed by atoms with Gasteiger partial charge in [-0.3, -0.25) is 0 Å². The van der Waals surface area contributed by atoms with Gasteiger partial charge in [-0.25, -0.2) is 0 Å². The molecule has 0 aromatic carbocycles. The Morgan fingerprint density at radius 2 is 2.00 bits per heavy atom. The minimum absolute atomic E-state index is 0.244. The number of nitrogens with zero attached hydrogens (tertiary/aromatic N) is 1. The normalized spacial score (nSPS) is 12.5. The van der Waals surface area contributed by atoms with E-state index < -0.39 is 0 Å². The van der Waals surface area contributed by atoms with Gasteiger partial charge in [0.15, 0.2) is 0 Å². The maximum Gasteiger partial charge on any atom is 0.0655 e. The molecule has 0 aliphatic carbocycles. The van der Waals surface area contributed by atoms with E-state index >= 15 is 0 Å². The van der Waals surface area contributed by atoms with Crippen molar-refractivity contribution in [1.29, 1.82) is 5.26 Å². The second kappa shape index (κ2) is 7.88. The van der Waals surface area contributed by atoms with Crippen LogP contribution in [0.4, 0.5) is 0 Å². The van der Waals surface area contributed by atoms with Crippen molar-refractivity contribution in [1.82, 2.24) is 0 Å². The summed E-state index contributed by atoms with van der Waals surface area (Å²) in [6, 6.07) is 2.31. The fourth-order valence-electron chi connectivity index (χ4n) is 1.05. The standard InChI is InChI=1S/C9H16ClN/c1-2-3-5-9(8-11)6-4-7-10/h9H,2-7H2,1H3. The van der Waals surface area contributed by atoms with Crippen LogP contribution < -0.4 is 0 Å². The third-order valence-electron chi connectivity index (χ3n) is 1.77. The molecule has 1 atom stereocenters. The van der Waals surface area contributed by atoms with E-state index in [0.717, 1.165) is 19.3 Å². The van der Waals surface area contributed by atoms with E-state index in [1.807, 2.05) is 0 Å². The van der Waals surface area contributed by atoms with Gasteiger partial charge in [-0.2, -0.15) is 5.26 Å². The van der Waals surface area contributed by atoms with Crippen molar-refractivity contribution in [3.63, 3.8) is 0 Å². The minimum Gasteiger partial charge on any atom is -0.198 e. The molecule has 0 spiro atoms. The van der Waals surface area contributed by atoms with Gasteiger partial charge in [0.1, 0.15) is 0 Å². The summed E-state index contributed by atoms with van der Waals surface area (Å²) in [5.74, 6) is 0.929. The summed E-state index contributed by atoms with van der Waals surface area (Å²) in [6.45, 7) is 2.15. The van der Waals surface area contributed by atoms with Crippen LogP contribution in [-0.2, 0) is 0 Å². The Balaban J connectivity index is 3.35. The number of rotatable bonds is 6. The van der Waals surface area contributed by atoms with Crippen LogP contribution >= 0.6 is 11.6 Å². The zero-order valence-electron chi connectivity index (χ0n) is 7.15. The van der Waals surface area contributed by atoms with Crippen LogP contribution in [0.1, 0.15) is 39.0 Å². The Labute approximate surface area is 74.4 Å². The molecule has 1 unspecified atom stereocenters. The van der Waals surface area contributed by atoms with Gasteiger partial charge in [-0.15, -0.1) is 11.6 Å². The second-order valence-electron chi connectivity index (χ2n) is 2.80. The van der Waals surface area contributed by atoms with Gasteiger partial charge in [0.05, 0.1) is 6.07 Å². The van der Waals surface area contributed by atoms with E-state index in [2.05, 4.69) is 13.0 Å². The molecule has 0 amide bonds. The van der Waals surface area contributed by atoms with E-state index in [-0.39, 0.29) is 5.92 Å². The predicted molar refractivity (Wildman–Crippen MR) is 48.6 cm³/mol. The van der Waals surface area contributed by atoms with Gasteiger partial charge in [-0.1, -0.05) is 19.8 Å². The van der Waals surface area contributed by atoms with Crippen LogP contribution in [-0.4, -0.2) is 5.88 Å². The highest BCUT2D eigenvalue weighted by atomic mass is 35.5. The molecule has 0 saturated carbocycles. The summed E-state index contributed by atoms with van der Waals surface area (Å²) in [7, 11) is 0. The van der Waals surface area contributed by atoms with Crippen molar-refractivity contribution >= 4 is 11.6 Å². The summed E-state index contributed by atoms with van der Waals surface area (Å²) >= 11 is 5.53. The van der Waals surface area contributed by atoms with Crippen molar-refractivity contribution < 1.29 is 0 Å². The summed E-state index contributed by atoms with van der Waals surface area (Å²) < 4.78 is 0. The van der Waals surface area contributed by atoms with Crippen molar-refractivity contribution in [2.45, 2.75) is 39.0 Å². The molecule has 0 aliphatic heterocycles. The third-order valence-corrected chi connectivity index (χ3v) is 2.04. The molecule has 0 aliphatic rings. The number of halogens is 1. The maximum atomic E-state index is 8.69. The van der Waals surface area contributed by atoms with E-state index in [0.29, 0.717) is 5.88 Å². The fraction of sp³-hybridized carbons (Fsp3) is 0.889. The Bertz CT molecular complexity index is 109.